The van der Waals surface area contributed by atoms with Crippen molar-refractivity contribution in [3.63, 3.8) is 0 Å². The number of hydrogen-bond acceptors (Lipinski definition) is 0. The van der Waals surface area contributed by atoms with Crippen LogP contribution in [0.2, 0.25) is 0 Å². The summed E-state index contributed by atoms with van der Waals surface area (Å²) in [5.41, 5.74) is 0. The Bertz CT molecular complexity index is 1880. The summed E-state index contributed by atoms with van der Waals surface area (Å²) in [6, 6.07) is 63.2. The van der Waals surface area contributed by atoms with E-state index in [9.17, 15) is 0 Å². The van der Waals surface area contributed by atoms with Crippen LogP contribution in [-0.2, 0) is 0 Å². The molecule has 0 heterocycles. The summed E-state index contributed by atoms with van der Waals surface area (Å²) in [5.74, 6) is 0. The minimum atomic E-state index is -2.02. The average Bonchev–Trinajstić information content (AvgIpc) is 3.05. The molecule has 0 aliphatic carbocycles. The Kier molecular flexibility index (Phi) is 5.65. The lowest BCUT2D eigenvalue weighted by Gasteiger charge is -2.44. The predicted octanol–water partition coefficient (Wildman–Crippen LogP) is 11.6. The van der Waals surface area contributed by atoms with Crippen LogP contribution < -0.4 is 0 Å². The fourth-order valence-electron chi connectivity index (χ4n) is 6.56. The van der Waals surface area contributed by atoms with Gasteiger partial charge in [-0.2, -0.15) is 0 Å². The number of rotatable bonds is 4. The second-order valence-electron chi connectivity index (χ2n) is 10.5. The maximum atomic E-state index is 2.39. The molecule has 1 heteroatoms. The van der Waals surface area contributed by atoms with Crippen LogP contribution in [0.4, 0.5) is 0 Å². The largest absolute Gasteiger partial charge is 0.130 e. The molecule has 0 nitrogen and oxygen atoms in total. The second kappa shape index (κ2) is 9.66. The Hall–Kier alpha value is -4.85. The molecule has 194 valence electrons. The maximum absolute atomic E-state index is 2.39. The zero-order chi connectivity index (χ0) is 27.2. The molecule has 0 aliphatic rings. The first-order valence-corrected chi connectivity index (χ1v) is 15.7. The summed E-state index contributed by atoms with van der Waals surface area (Å²) in [6.45, 7) is 0. The quantitative estimate of drug-likeness (QED) is 0.208. The molecular formula is C40H28S. The van der Waals surface area contributed by atoms with Crippen LogP contribution in [0.15, 0.2) is 189 Å². The van der Waals surface area contributed by atoms with Gasteiger partial charge in [-0.05, 0) is 67.4 Å². The van der Waals surface area contributed by atoms with Crippen LogP contribution in [0.3, 0.4) is 0 Å². The molecule has 8 aromatic rings. The molecule has 0 fully saturated rings. The molecule has 0 bridgehead atoms. The highest BCUT2D eigenvalue weighted by Gasteiger charge is 2.38. The summed E-state index contributed by atoms with van der Waals surface area (Å²) < 4.78 is 0. The van der Waals surface area contributed by atoms with E-state index >= 15 is 0 Å². The van der Waals surface area contributed by atoms with Crippen LogP contribution in [0.1, 0.15) is 0 Å². The molecule has 0 spiro atoms. The van der Waals surface area contributed by atoms with Gasteiger partial charge in [-0.25, -0.2) is 0 Å². The van der Waals surface area contributed by atoms with Crippen LogP contribution in [0.25, 0.3) is 43.1 Å². The molecule has 0 atom stereocenters. The number of benzene rings is 8. The first-order valence-electron chi connectivity index (χ1n) is 14.1. The van der Waals surface area contributed by atoms with Gasteiger partial charge in [-0.15, -0.1) is 10.0 Å². The van der Waals surface area contributed by atoms with Crippen molar-refractivity contribution in [2.24, 2.45) is 0 Å². The van der Waals surface area contributed by atoms with E-state index in [2.05, 4.69) is 170 Å². The smallest absolute Gasteiger partial charge is 0.0102 e. The molecule has 0 N–H and O–H groups in total. The first-order chi connectivity index (χ1) is 20.4. The van der Waals surface area contributed by atoms with Crippen molar-refractivity contribution in [2.45, 2.75) is 19.6 Å². The molecule has 8 rings (SSSR count). The van der Waals surface area contributed by atoms with Gasteiger partial charge in [-0.1, -0.05) is 146 Å². The van der Waals surface area contributed by atoms with Crippen LogP contribution in [-0.4, -0.2) is 0 Å². The van der Waals surface area contributed by atoms with Crippen molar-refractivity contribution in [3.8, 4) is 0 Å². The molecular weight excluding hydrogens is 513 g/mol. The lowest BCUT2D eigenvalue weighted by atomic mass is 10.1. The second-order valence-corrected chi connectivity index (χ2v) is 13.5. The highest BCUT2D eigenvalue weighted by Crippen LogP contribution is 2.77. The lowest BCUT2D eigenvalue weighted by molar-refractivity contribution is 1.32. The Labute approximate surface area is 241 Å². The minimum Gasteiger partial charge on any atom is -0.130 e. The summed E-state index contributed by atoms with van der Waals surface area (Å²) in [7, 11) is -2.02. The molecule has 0 aromatic heterocycles. The van der Waals surface area contributed by atoms with E-state index in [1.807, 2.05) is 0 Å². The van der Waals surface area contributed by atoms with Crippen LogP contribution in [0, 0.1) is 0 Å². The van der Waals surface area contributed by atoms with Crippen LogP contribution in [0.5, 0.6) is 0 Å². The van der Waals surface area contributed by atoms with Crippen molar-refractivity contribution in [2.75, 3.05) is 0 Å². The average molecular weight is 541 g/mol. The van der Waals surface area contributed by atoms with E-state index in [0.717, 1.165) is 0 Å². The first kappa shape index (κ1) is 24.0. The van der Waals surface area contributed by atoms with Crippen LogP contribution >= 0.6 is 10.0 Å². The lowest BCUT2D eigenvalue weighted by Crippen LogP contribution is -2.08. The van der Waals surface area contributed by atoms with Crippen molar-refractivity contribution in [1.29, 1.82) is 0 Å². The van der Waals surface area contributed by atoms with Crippen molar-refractivity contribution < 1.29 is 0 Å². The van der Waals surface area contributed by atoms with E-state index in [0.29, 0.717) is 0 Å². The zero-order valence-electron chi connectivity index (χ0n) is 22.6. The number of fused-ring (bicyclic) bond motifs is 4. The SMILES string of the molecule is c1ccc2c(S(c3cccc4ccccc34)(c3cccc4ccccc34)c3cccc4ccccc34)cccc2c1. The predicted molar refractivity (Wildman–Crippen MR) is 176 cm³/mol. The molecule has 0 saturated carbocycles. The molecule has 0 radical (unpaired) electrons. The third-order valence-electron chi connectivity index (χ3n) is 8.32. The third-order valence-corrected chi connectivity index (χ3v) is 12.4. The van der Waals surface area contributed by atoms with Gasteiger partial charge in [-0.3, -0.25) is 0 Å². The highest BCUT2D eigenvalue weighted by atomic mass is 32.3. The van der Waals surface area contributed by atoms with Gasteiger partial charge in [0.1, 0.15) is 0 Å². The van der Waals surface area contributed by atoms with E-state index in [1.54, 1.807) is 0 Å². The standard InChI is InChI=1S/C40H28S/c1-5-21-33-29(13-1)17-9-25-37(33)41(38-26-10-18-30-14-2-6-22-34(30)38,39-27-11-19-31-15-3-7-23-35(31)39)40-28-12-20-32-16-4-8-24-36(32)40/h1-28H. The molecule has 0 saturated heterocycles. The fourth-order valence-corrected chi connectivity index (χ4v) is 11.2. The highest BCUT2D eigenvalue weighted by molar-refractivity contribution is 8.34. The monoisotopic (exact) mass is 540 g/mol. The van der Waals surface area contributed by atoms with Gasteiger partial charge in [0.2, 0.25) is 0 Å². The Morgan fingerprint density at radius 2 is 0.439 bits per heavy atom. The van der Waals surface area contributed by atoms with Gasteiger partial charge < -0.3 is 0 Å². The van der Waals surface area contributed by atoms with Gasteiger partial charge in [0.25, 0.3) is 0 Å². The maximum Gasteiger partial charge on any atom is 0.0102 e. The Balaban J connectivity index is 1.70. The summed E-state index contributed by atoms with van der Waals surface area (Å²) in [5, 5.41) is 10.3. The molecule has 8 aromatic carbocycles. The van der Waals surface area contributed by atoms with Crippen molar-refractivity contribution >= 4 is 53.1 Å². The topological polar surface area (TPSA) is 0 Å². The Morgan fingerprint density at radius 1 is 0.220 bits per heavy atom. The molecule has 41 heavy (non-hydrogen) atoms. The number of hydrogen-bond donors (Lipinski definition) is 0. The van der Waals surface area contributed by atoms with E-state index in [4.69, 9.17) is 0 Å². The summed E-state index contributed by atoms with van der Waals surface area (Å²) in [6.07, 6.45) is 0. The van der Waals surface area contributed by atoms with Crippen molar-refractivity contribution in [1.82, 2.24) is 0 Å². The van der Waals surface area contributed by atoms with Gasteiger partial charge in [0, 0.05) is 19.6 Å². The van der Waals surface area contributed by atoms with Gasteiger partial charge >= 0.3 is 0 Å². The fraction of sp³-hybridized carbons (Fsp3) is 0. The van der Waals surface area contributed by atoms with Gasteiger partial charge in [0.05, 0.1) is 0 Å². The molecule has 0 aliphatic heterocycles. The Morgan fingerprint density at radius 3 is 0.707 bits per heavy atom. The summed E-state index contributed by atoms with van der Waals surface area (Å²) in [4.78, 5) is 5.50. The zero-order valence-corrected chi connectivity index (χ0v) is 23.4. The normalized spacial score (nSPS) is 12.3. The molecule has 0 amide bonds. The van der Waals surface area contributed by atoms with E-state index < -0.39 is 10.0 Å². The summed E-state index contributed by atoms with van der Waals surface area (Å²) >= 11 is 0. The van der Waals surface area contributed by atoms with Crippen molar-refractivity contribution in [3.05, 3.63) is 170 Å². The van der Waals surface area contributed by atoms with Gasteiger partial charge in [0.15, 0.2) is 0 Å². The van der Waals surface area contributed by atoms with E-state index in [-0.39, 0.29) is 0 Å². The third kappa shape index (κ3) is 3.63. The van der Waals surface area contributed by atoms with E-state index in [1.165, 1.54) is 62.7 Å². The molecule has 0 unspecified atom stereocenters. The minimum absolute atomic E-state index is 1.27.